The summed E-state index contributed by atoms with van der Waals surface area (Å²) in [6.07, 6.45) is 6.77. The summed E-state index contributed by atoms with van der Waals surface area (Å²) in [5.74, 6) is -1.38. The number of allylic oxidation sites excluding steroid dienone is 1. The number of amides is 1. The molecule has 1 aromatic heterocycles. The van der Waals surface area contributed by atoms with Crippen LogP contribution in [0.25, 0.3) is 0 Å². The first-order valence-corrected chi connectivity index (χ1v) is 6.66. The van der Waals surface area contributed by atoms with Gasteiger partial charge in [0.1, 0.15) is 6.10 Å². The number of hydrogen-bond donors (Lipinski definition) is 2. The second-order valence-electron chi connectivity index (χ2n) is 3.93. The van der Waals surface area contributed by atoms with Gasteiger partial charge in [-0.15, -0.1) is 0 Å². The number of carbonyl (C=O) groups is 2. The SMILES string of the molecule is O=CNc1nc(C(=NOC2C=CCCC2)C(=O)O)ns1. The Balaban J connectivity index is 2.12. The number of oxime groups is 1. The highest BCUT2D eigenvalue weighted by Gasteiger charge is 2.20. The zero-order valence-corrected chi connectivity index (χ0v) is 11.2. The van der Waals surface area contributed by atoms with Crippen molar-refractivity contribution in [3.8, 4) is 0 Å². The predicted octanol–water partition coefficient (Wildman–Crippen LogP) is 1.02. The molecule has 20 heavy (non-hydrogen) atoms. The number of hydrogen-bond acceptors (Lipinski definition) is 7. The topological polar surface area (TPSA) is 114 Å². The molecule has 0 aromatic carbocycles. The van der Waals surface area contributed by atoms with Crippen LogP contribution in [0.4, 0.5) is 5.13 Å². The third-order valence-corrected chi connectivity index (χ3v) is 3.16. The number of carbonyl (C=O) groups excluding carboxylic acids is 1. The first-order valence-electron chi connectivity index (χ1n) is 5.88. The van der Waals surface area contributed by atoms with Gasteiger partial charge in [-0.25, -0.2) is 4.79 Å². The second-order valence-corrected chi connectivity index (χ2v) is 4.69. The Labute approximate surface area is 118 Å². The van der Waals surface area contributed by atoms with Crippen LogP contribution >= 0.6 is 11.5 Å². The molecule has 0 aliphatic heterocycles. The lowest BCUT2D eigenvalue weighted by atomic mass is 10.1. The van der Waals surface area contributed by atoms with E-state index in [-0.39, 0.29) is 22.8 Å². The molecule has 1 aliphatic rings. The van der Waals surface area contributed by atoms with Gasteiger partial charge in [-0.1, -0.05) is 11.2 Å². The molecule has 1 heterocycles. The summed E-state index contributed by atoms with van der Waals surface area (Å²) >= 11 is 0.864. The molecule has 0 bridgehead atoms. The summed E-state index contributed by atoms with van der Waals surface area (Å²) in [7, 11) is 0. The van der Waals surface area contributed by atoms with Gasteiger partial charge in [-0.3, -0.25) is 4.79 Å². The van der Waals surface area contributed by atoms with E-state index in [2.05, 4.69) is 19.8 Å². The van der Waals surface area contributed by atoms with Gasteiger partial charge in [0, 0.05) is 11.5 Å². The molecule has 0 saturated carbocycles. The highest BCUT2D eigenvalue weighted by Crippen LogP contribution is 2.15. The van der Waals surface area contributed by atoms with E-state index in [0.717, 1.165) is 30.8 Å². The van der Waals surface area contributed by atoms with E-state index < -0.39 is 5.97 Å². The zero-order valence-electron chi connectivity index (χ0n) is 10.4. The standard InChI is InChI=1S/C11H12N4O4S/c16-6-12-11-13-9(15-20-11)8(10(17)18)14-19-7-4-2-1-3-5-7/h2,4,6-7H,1,3,5H2,(H,17,18)(H,12,13,15,16). The zero-order chi connectivity index (χ0) is 14.4. The maximum Gasteiger partial charge on any atom is 0.362 e. The first-order chi connectivity index (χ1) is 9.70. The Kier molecular flexibility index (Phi) is 4.77. The number of rotatable bonds is 6. The van der Waals surface area contributed by atoms with Crippen LogP contribution in [-0.4, -0.2) is 38.7 Å². The summed E-state index contributed by atoms with van der Waals surface area (Å²) in [4.78, 5) is 30.4. The van der Waals surface area contributed by atoms with Gasteiger partial charge < -0.3 is 15.3 Å². The number of nitrogens with zero attached hydrogens (tertiary/aromatic N) is 3. The van der Waals surface area contributed by atoms with Gasteiger partial charge in [0.05, 0.1) is 0 Å². The maximum absolute atomic E-state index is 11.1. The largest absolute Gasteiger partial charge is 0.476 e. The number of aromatic nitrogens is 2. The molecule has 8 nitrogen and oxygen atoms in total. The molecule has 0 fully saturated rings. The van der Waals surface area contributed by atoms with Crippen LogP contribution in [0, 0.1) is 0 Å². The van der Waals surface area contributed by atoms with Crippen LogP contribution in [0.15, 0.2) is 17.3 Å². The molecule has 9 heteroatoms. The lowest BCUT2D eigenvalue weighted by Gasteiger charge is -2.13. The number of nitrogens with one attached hydrogen (secondary N) is 1. The molecule has 2 rings (SSSR count). The molecule has 1 amide bonds. The molecule has 1 aliphatic carbocycles. The monoisotopic (exact) mass is 296 g/mol. The minimum atomic E-state index is -1.29. The predicted molar refractivity (Wildman–Crippen MR) is 71.6 cm³/mol. The third kappa shape index (κ3) is 3.60. The van der Waals surface area contributed by atoms with Crippen LogP contribution in [0.1, 0.15) is 25.1 Å². The van der Waals surface area contributed by atoms with Gasteiger partial charge in [0.15, 0.2) is 0 Å². The quantitative estimate of drug-likeness (QED) is 0.350. The van der Waals surface area contributed by atoms with Gasteiger partial charge >= 0.3 is 5.97 Å². The fourth-order valence-electron chi connectivity index (χ4n) is 1.59. The molecule has 0 spiro atoms. The van der Waals surface area contributed by atoms with E-state index in [9.17, 15) is 9.59 Å². The molecule has 1 aromatic rings. The Morgan fingerprint density at radius 1 is 1.65 bits per heavy atom. The van der Waals surface area contributed by atoms with Gasteiger partial charge in [-0.05, 0) is 25.3 Å². The fourth-order valence-corrected chi connectivity index (χ4v) is 2.12. The highest BCUT2D eigenvalue weighted by molar-refractivity contribution is 7.10. The van der Waals surface area contributed by atoms with Crippen molar-refractivity contribution in [1.29, 1.82) is 0 Å². The molecule has 0 radical (unpaired) electrons. The van der Waals surface area contributed by atoms with E-state index in [1.54, 1.807) is 0 Å². The van der Waals surface area contributed by atoms with Crippen LogP contribution in [0.5, 0.6) is 0 Å². The van der Waals surface area contributed by atoms with Crippen LogP contribution in [-0.2, 0) is 14.4 Å². The van der Waals surface area contributed by atoms with Crippen LogP contribution in [0.3, 0.4) is 0 Å². The molecule has 2 N–H and O–H groups in total. The summed E-state index contributed by atoms with van der Waals surface area (Å²) < 4.78 is 3.82. The van der Waals surface area contributed by atoms with E-state index in [4.69, 9.17) is 9.94 Å². The number of carboxylic acid groups (broad SMARTS) is 1. The van der Waals surface area contributed by atoms with Crippen molar-refractivity contribution in [2.45, 2.75) is 25.4 Å². The first kappa shape index (κ1) is 14.1. The average molecular weight is 296 g/mol. The lowest BCUT2D eigenvalue weighted by molar-refractivity contribution is -0.129. The Bertz CT molecular complexity index is 554. The Morgan fingerprint density at radius 3 is 3.15 bits per heavy atom. The molecular weight excluding hydrogens is 284 g/mol. The van der Waals surface area contributed by atoms with Crippen LogP contribution < -0.4 is 5.32 Å². The highest BCUT2D eigenvalue weighted by atomic mass is 32.1. The van der Waals surface area contributed by atoms with Crippen molar-refractivity contribution in [1.82, 2.24) is 9.36 Å². The summed E-state index contributed by atoms with van der Waals surface area (Å²) in [5, 5.41) is 15.2. The van der Waals surface area contributed by atoms with Gasteiger partial charge in [-0.2, -0.15) is 9.36 Å². The smallest absolute Gasteiger partial charge is 0.362 e. The average Bonchev–Trinajstić information content (AvgIpc) is 2.89. The number of carboxylic acids is 1. The minimum absolute atomic E-state index is 0.0911. The van der Waals surface area contributed by atoms with Crippen molar-refractivity contribution < 1.29 is 19.5 Å². The van der Waals surface area contributed by atoms with Crippen molar-refractivity contribution in [3.63, 3.8) is 0 Å². The second kappa shape index (κ2) is 6.75. The number of anilines is 1. The Morgan fingerprint density at radius 2 is 2.50 bits per heavy atom. The normalized spacial score (nSPS) is 18.6. The Hall–Kier alpha value is -2.29. The van der Waals surface area contributed by atoms with Crippen molar-refractivity contribution in [2.75, 3.05) is 5.32 Å². The van der Waals surface area contributed by atoms with Crippen molar-refractivity contribution in [3.05, 3.63) is 18.0 Å². The van der Waals surface area contributed by atoms with Crippen molar-refractivity contribution in [2.24, 2.45) is 5.16 Å². The number of aliphatic carboxylic acids is 1. The van der Waals surface area contributed by atoms with E-state index in [0.29, 0.717) is 6.41 Å². The molecule has 1 atom stereocenters. The van der Waals surface area contributed by atoms with Crippen LogP contribution in [0.2, 0.25) is 0 Å². The maximum atomic E-state index is 11.1. The summed E-state index contributed by atoms with van der Waals surface area (Å²) in [6.45, 7) is 0. The molecule has 0 saturated heterocycles. The molecule has 1 unspecified atom stereocenters. The van der Waals surface area contributed by atoms with Crippen molar-refractivity contribution >= 4 is 34.8 Å². The van der Waals surface area contributed by atoms with E-state index in [1.165, 1.54) is 0 Å². The summed E-state index contributed by atoms with van der Waals surface area (Å²) in [6, 6.07) is 0. The molecule has 106 valence electrons. The molecular formula is C11H12N4O4S. The minimum Gasteiger partial charge on any atom is -0.476 e. The van der Waals surface area contributed by atoms with Gasteiger partial charge in [0.25, 0.3) is 0 Å². The van der Waals surface area contributed by atoms with E-state index in [1.807, 2.05) is 12.2 Å². The van der Waals surface area contributed by atoms with Gasteiger partial charge in [0.2, 0.25) is 23.1 Å². The van der Waals surface area contributed by atoms with E-state index >= 15 is 0 Å². The third-order valence-electron chi connectivity index (χ3n) is 2.51. The lowest BCUT2D eigenvalue weighted by Crippen LogP contribution is -2.19. The summed E-state index contributed by atoms with van der Waals surface area (Å²) in [5.41, 5.74) is -0.390. The fraction of sp³-hybridized carbons (Fsp3) is 0.364.